The zero-order valence-electron chi connectivity index (χ0n) is 15.8. The van der Waals surface area contributed by atoms with Gasteiger partial charge in [-0.15, -0.1) is 0 Å². The molecule has 0 aliphatic heterocycles. The van der Waals surface area contributed by atoms with E-state index in [1.165, 1.54) is 5.56 Å². The summed E-state index contributed by atoms with van der Waals surface area (Å²) in [6.45, 7) is 2.65. The average molecular weight is 394 g/mol. The van der Waals surface area contributed by atoms with Crippen molar-refractivity contribution < 1.29 is 5.11 Å². The Bertz CT molecular complexity index is 1130. The third-order valence-electron chi connectivity index (χ3n) is 5.65. The molecule has 1 fully saturated rings. The van der Waals surface area contributed by atoms with Crippen LogP contribution >= 0.6 is 11.3 Å². The summed E-state index contributed by atoms with van der Waals surface area (Å²) in [7, 11) is 0. The first kappa shape index (κ1) is 17.6. The lowest BCUT2D eigenvalue weighted by molar-refractivity contribution is 0.0106. The Morgan fingerprint density at radius 2 is 2.18 bits per heavy atom. The number of nitrogens with one attached hydrogen (secondary N) is 1. The van der Waals surface area contributed by atoms with E-state index >= 15 is 0 Å². The summed E-state index contributed by atoms with van der Waals surface area (Å²) in [6.07, 6.45) is 7.70. The normalized spacial score (nSPS) is 22.7. The molecule has 0 radical (unpaired) electrons. The highest BCUT2D eigenvalue weighted by Gasteiger charge is 2.34. The number of benzene rings is 1. The van der Waals surface area contributed by atoms with Gasteiger partial charge in [-0.3, -0.25) is 0 Å². The number of rotatable bonds is 4. The first-order chi connectivity index (χ1) is 13.6. The zero-order valence-corrected chi connectivity index (χ0v) is 16.6. The van der Waals surface area contributed by atoms with Gasteiger partial charge in [-0.25, -0.2) is 15.0 Å². The summed E-state index contributed by atoms with van der Waals surface area (Å²) in [5.74, 6) is 0. The topological polar surface area (TPSA) is 75.9 Å². The molecule has 0 spiro atoms. The maximum Gasteiger partial charge on any atom is 0.184 e. The fourth-order valence-corrected chi connectivity index (χ4v) is 5.01. The number of imidazole rings is 1. The van der Waals surface area contributed by atoms with Crippen molar-refractivity contribution in [3.8, 4) is 0 Å². The molecule has 1 aromatic carbocycles. The summed E-state index contributed by atoms with van der Waals surface area (Å²) in [4.78, 5) is 13.6. The van der Waals surface area contributed by atoms with Crippen LogP contribution in [0.5, 0.6) is 0 Å². The van der Waals surface area contributed by atoms with Crippen molar-refractivity contribution in [1.82, 2.24) is 19.5 Å². The highest BCUT2D eigenvalue weighted by atomic mass is 32.1. The number of anilines is 1. The van der Waals surface area contributed by atoms with Crippen molar-refractivity contribution in [2.45, 2.75) is 50.8 Å². The molecule has 144 valence electrons. The van der Waals surface area contributed by atoms with Crippen LogP contribution in [0, 0.1) is 0 Å². The molecule has 2 atom stereocenters. The Labute approximate surface area is 167 Å². The minimum absolute atomic E-state index is 0.0599. The van der Waals surface area contributed by atoms with Crippen LogP contribution < -0.4 is 5.32 Å². The van der Waals surface area contributed by atoms with Crippen LogP contribution in [0.3, 0.4) is 0 Å². The third-order valence-corrected chi connectivity index (χ3v) is 6.60. The molecule has 3 heterocycles. The van der Waals surface area contributed by atoms with Crippen molar-refractivity contribution in [2.75, 3.05) is 5.32 Å². The largest absolute Gasteiger partial charge is 0.388 e. The fraction of sp³-hybridized carbons (Fsp3) is 0.381. The number of nitrogens with zero attached hydrogens (tertiary/aromatic N) is 4. The second-order valence-corrected chi connectivity index (χ2v) is 8.87. The Balaban J connectivity index is 1.39. The Hall–Kier alpha value is -2.51. The van der Waals surface area contributed by atoms with E-state index in [0.717, 1.165) is 58.7 Å². The maximum absolute atomic E-state index is 10.6. The highest BCUT2D eigenvalue weighted by molar-refractivity contribution is 7.22. The number of thiazole rings is 1. The van der Waals surface area contributed by atoms with E-state index in [1.807, 2.05) is 25.4 Å². The smallest absolute Gasteiger partial charge is 0.184 e. The van der Waals surface area contributed by atoms with Gasteiger partial charge in [0.25, 0.3) is 0 Å². The standard InChI is InChI=1S/C21H23N5OS/c1-21(27)9-3-2-6-18(21)25-20-24-15-8-7-14(11-17(15)28-20)12-26-13-23-16-5-4-10-22-19(16)26/h4-5,7-8,10-11,13,18,27H,2-3,6,9,12H2,1H3,(H,24,25)/t18-,21-/m1/s1. The van der Waals surface area contributed by atoms with Gasteiger partial charge < -0.3 is 15.0 Å². The lowest BCUT2D eigenvalue weighted by Gasteiger charge is -2.37. The summed E-state index contributed by atoms with van der Waals surface area (Å²) >= 11 is 1.65. The molecule has 7 heteroatoms. The first-order valence-electron chi connectivity index (χ1n) is 9.73. The number of fused-ring (bicyclic) bond motifs is 2. The number of hydrogen-bond acceptors (Lipinski definition) is 6. The summed E-state index contributed by atoms with van der Waals surface area (Å²) in [5, 5.41) is 15.0. The third kappa shape index (κ3) is 3.25. The molecule has 28 heavy (non-hydrogen) atoms. The predicted octanol–water partition coefficient (Wildman–Crippen LogP) is 4.19. The van der Waals surface area contributed by atoms with Crippen LogP contribution in [0.2, 0.25) is 0 Å². The van der Waals surface area contributed by atoms with Gasteiger partial charge in [0.2, 0.25) is 0 Å². The molecule has 2 N–H and O–H groups in total. The SMILES string of the molecule is C[C@@]1(O)CCCC[C@H]1Nc1nc2ccc(Cn3cnc4cccnc43)cc2s1. The van der Waals surface area contributed by atoms with E-state index in [-0.39, 0.29) is 6.04 Å². The van der Waals surface area contributed by atoms with Crippen molar-refractivity contribution in [2.24, 2.45) is 0 Å². The van der Waals surface area contributed by atoms with Crippen molar-refractivity contribution in [3.63, 3.8) is 0 Å². The number of hydrogen-bond donors (Lipinski definition) is 2. The molecule has 6 nitrogen and oxygen atoms in total. The van der Waals surface area contributed by atoms with Crippen molar-refractivity contribution in [3.05, 3.63) is 48.4 Å². The van der Waals surface area contributed by atoms with Gasteiger partial charge in [-0.2, -0.15) is 0 Å². The molecular formula is C21H23N5OS. The van der Waals surface area contributed by atoms with Crippen LogP contribution in [-0.2, 0) is 6.54 Å². The molecule has 4 aromatic rings. The molecule has 1 aliphatic carbocycles. The van der Waals surface area contributed by atoms with Gasteiger partial charge in [-0.05, 0) is 49.6 Å². The van der Waals surface area contributed by atoms with Gasteiger partial charge >= 0.3 is 0 Å². The second kappa shape index (κ2) is 6.83. The quantitative estimate of drug-likeness (QED) is 0.544. The maximum atomic E-state index is 10.6. The van der Waals surface area contributed by atoms with Crippen LogP contribution in [0.25, 0.3) is 21.4 Å². The monoisotopic (exact) mass is 393 g/mol. The highest BCUT2D eigenvalue weighted by Crippen LogP contribution is 2.33. The summed E-state index contributed by atoms with van der Waals surface area (Å²) in [6, 6.07) is 10.3. The minimum Gasteiger partial charge on any atom is -0.388 e. The van der Waals surface area contributed by atoms with Gasteiger partial charge in [0.1, 0.15) is 5.52 Å². The molecular weight excluding hydrogens is 370 g/mol. The molecule has 1 aliphatic rings. The Kier molecular flexibility index (Phi) is 4.29. The lowest BCUT2D eigenvalue weighted by atomic mass is 9.82. The molecule has 0 unspecified atom stereocenters. The lowest BCUT2D eigenvalue weighted by Crippen LogP contribution is -2.46. The van der Waals surface area contributed by atoms with Gasteiger partial charge in [0.05, 0.1) is 34.7 Å². The summed E-state index contributed by atoms with van der Waals surface area (Å²) in [5.41, 5.74) is 3.32. The Morgan fingerprint density at radius 3 is 3.07 bits per heavy atom. The van der Waals surface area contributed by atoms with E-state index < -0.39 is 5.60 Å². The predicted molar refractivity (Wildman–Crippen MR) is 113 cm³/mol. The van der Waals surface area contributed by atoms with E-state index in [1.54, 1.807) is 17.5 Å². The minimum atomic E-state index is -0.670. The van der Waals surface area contributed by atoms with Crippen molar-refractivity contribution in [1.29, 1.82) is 0 Å². The molecule has 3 aromatic heterocycles. The van der Waals surface area contributed by atoms with Crippen LogP contribution in [0.4, 0.5) is 5.13 Å². The van der Waals surface area contributed by atoms with E-state index in [0.29, 0.717) is 0 Å². The van der Waals surface area contributed by atoms with Crippen LogP contribution in [0.15, 0.2) is 42.9 Å². The van der Waals surface area contributed by atoms with Gasteiger partial charge in [-0.1, -0.05) is 30.2 Å². The first-order valence-corrected chi connectivity index (χ1v) is 10.5. The van der Waals surface area contributed by atoms with Gasteiger partial charge in [0.15, 0.2) is 10.8 Å². The van der Waals surface area contributed by atoms with Crippen LogP contribution in [0.1, 0.15) is 38.2 Å². The van der Waals surface area contributed by atoms with E-state index in [9.17, 15) is 5.11 Å². The van der Waals surface area contributed by atoms with Crippen LogP contribution in [-0.4, -0.2) is 36.3 Å². The number of pyridine rings is 1. The fourth-order valence-electron chi connectivity index (χ4n) is 4.03. The summed E-state index contributed by atoms with van der Waals surface area (Å²) < 4.78 is 3.21. The number of aromatic nitrogens is 4. The molecule has 0 amide bonds. The van der Waals surface area contributed by atoms with Crippen molar-refractivity contribution >= 4 is 37.8 Å². The molecule has 0 bridgehead atoms. The van der Waals surface area contributed by atoms with E-state index in [4.69, 9.17) is 4.98 Å². The average Bonchev–Trinajstić information content (AvgIpc) is 3.27. The van der Waals surface area contributed by atoms with E-state index in [2.05, 4.69) is 38.1 Å². The molecule has 1 saturated carbocycles. The Morgan fingerprint density at radius 1 is 1.25 bits per heavy atom. The zero-order chi connectivity index (χ0) is 19.1. The van der Waals surface area contributed by atoms with Gasteiger partial charge in [0, 0.05) is 6.20 Å². The molecule has 5 rings (SSSR count). The molecule has 0 saturated heterocycles. The second-order valence-electron chi connectivity index (χ2n) is 7.84. The number of aliphatic hydroxyl groups is 1.